The molecule has 0 spiro atoms. The average Bonchev–Trinajstić information content (AvgIpc) is 3.17. The van der Waals surface area contributed by atoms with Crippen LogP contribution in [-0.2, 0) is 9.59 Å². The molecule has 9 heteroatoms. The highest BCUT2D eigenvalue weighted by molar-refractivity contribution is 6.31. The number of carbonyl (C=O) groups is 2. The van der Waals surface area contributed by atoms with Crippen molar-refractivity contribution in [2.24, 2.45) is 0 Å². The zero-order valence-electron chi connectivity index (χ0n) is 16.2. The Kier molecular flexibility index (Phi) is 5.40. The molecule has 0 bridgehead atoms. The van der Waals surface area contributed by atoms with Crippen molar-refractivity contribution in [3.63, 3.8) is 0 Å². The average molecular weight is 445 g/mol. The molecule has 0 radical (unpaired) electrons. The summed E-state index contributed by atoms with van der Waals surface area (Å²) in [6, 6.07) is 11.4. The van der Waals surface area contributed by atoms with Crippen molar-refractivity contribution in [2.75, 3.05) is 17.7 Å². The maximum Gasteiger partial charge on any atom is 0.251 e. The molecular weight excluding hydrogens is 427 g/mol. The number of halogens is 2. The third-order valence-electron chi connectivity index (χ3n) is 4.87. The number of aromatic nitrogens is 2. The molecule has 4 rings (SSSR count). The largest absolute Gasteiger partial charge is 0.495 e. The molecule has 2 N–H and O–H groups in total. The fourth-order valence-corrected chi connectivity index (χ4v) is 3.80. The van der Waals surface area contributed by atoms with Crippen molar-refractivity contribution < 1.29 is 14.3 Å². The van der Waals surface area contributed by atoms with Gasteiger partial charge in [0.2, 0.25) is 5.91 Å². The van der Waals surface area contributed by atoms with Crippen LogP contribution in [0.1, 0.15) is 18.2 Å². The lowest BCUT2D eigenvalue weighted by Gasteiger charge is -2.12. The van der Waals surface area contributed by atoms with Gasteiger partial charge < -0.3 is 15.4 Å². The summed E-state index contributed by atoms with van der Waals surface area (Å²) in [6.45, 7) is 1.86. The second-order valence-electron chi connectivity index (χ2n) is 6.86. The highest BCUT2D eigenvalue weighted by Gasteiger charge is 2.36. The SMILES string of the molecule is COc1ccc(Cl)cc1NC(=O)CC1C(=O)Nc2c(-c3ccc(Cl)cc3)c(C)nn21. The molecule has 0 saturated carbocycles. The van der Waals surface area contributed by atoms with Crippen molar-refractivity contribution in [3.05, 3.63) is 58.2 Å². The number of amides is 2. The Labute approximate surface area is 182 Å². The number of hydrogen-bond acceptors (Lipinski definition) is 4. The number of aryl methyl sites for hydroxylation is 1. The van der Waals surface area contributed by atoms with Crippen LogP contribution in [0.15, 0.2) is 42.5 Å². The van der Waals surface area contributed by atoms with Crippen LogP contribution in [0.5, 0.6) is 5.75 Å². The minimum Gasteiger partial charge on any atom is -0.495 e. The van der Waals surface area contributed by atoms with E-state index in [1.54, 1.807) is 35.0 Å². The van der Waals surface area contributed by atoms with Gasteiger partial charge in [0.15, 0.2) is 0 Å². The first kappa shape index (κ1) is 20.3. The number of methoxy groups -OCH3 is 1. The van der Waals surface area contributed by atoms with Crippen LogP contribution in [0.2, 0.25) is 10.0 Å². The second-order valence-corrected chi connectivity index (χ2v) is 7.74. The van der Waals surface area contributed by atoms with Gasteiger partial charge in [0, 0.05) is 15.6 Å². The van der Waals surface area contributed by atoms with E-state index in [9.17, 15) is 9.59 Å². The van der Waals surface area contributed by atoms with Crippen LogP contribution in [0.4, 0.5) is 11.5 Å². The van der Waals surface area contributed by atoms with E-state index >= 15 is 0 Å². The van der Waals surface area contributed by atoms with Gasteiger partial charge in [-0.3, -0.25) is 9.59 Å². The van der Waals surface area contributed by atoms with Gasteiger partial charge in [-0.15, -0.1) is 0 Å². The van der Waals surface area contributed by atoms with Crippen LogP contribution < -0.4 is 15.4 Å². The Morgan fingerprint density at radius 3 is 2.60 bits per heavy atom. The van der Waals surface area contributed by atoms with Gasteiger partial charge in [-0.25, -0.2) is 4.68 Å². The molecule has 0 fully saturated rings. The molecule has 0 saturated heterocycles. The Bertz CT molecular complexity index is 1140. The third kappa shape index (κ3) is 3.74. The number of benzene rings is 2. The van der Waals surface area contributed by atoms with Crippen molar-refractivity contribution in [1.29, 1.82) is 0 Å². The predicted octanol–water partition coefficient (Wildman–Crippen LogP) is 4.70. The summed E-state index contributed by atoms with van der Waals surface area (Å²) in [4.78, 5) is 25.2. The molecule has 154 valence electrons. The summed E-state index contributed by atoms with van der Waals surface area (Å²) in [5.74, 6) is 0.396. The molecule has 2 heterocycles. The minimum atomic E-state index is -0.759. The number of anilines is 2. The van der Waals surface area contributed by atoms with Crippen molar-refractivity contribution >= 4 is 46.5 Å². The van der Waals surface area contributed by atoms with E-state index in [1.165, 1.54) is 7.11 Å². The Morgan fingerprint density at radius 2 is 1.90 bits per heavy atom. The molecular formula is C21H18Cl2N4O3. The third-order valence-corrected chi connectivity index (χ3v) is 5.36. The van der Waals surface area contributed by atoms with Gasteiger partial charge in [-0.2, -0.15) is 5.10 Å². The highest BCUT2D eigenvalue weighted by atomic mass is 35.5. The number of nitrogens with zero attached hydrogens (tertiary/aromatic N) is 2. The number of carbonyl (C=O) groups excluding carboxylic acids is 2. The van der Waals surface area contributed by atoms with E-state index in [0.29, 0.717) is 27.3 Å². The van der Waals surface area contributed by atoms with Gasteiger partial charge in [0.05, 0.1) is 24.9 Å². The smallest absolute Gasteiger partial charge is 0.251 e. The fourth-order valence-electron chi connectivity index (χ4n) is 3.50. The van der Waals surface area contributed by atoms with Gasteiger partial charge in [0.25, 0.3) is 5.91 Å². The highest BCUT2D eigenvalue weighted by Crippen LogP contribution is 2.38. The number of nitrogens with one attached hydrogen (secondary N) is 2. The first-order valence-electron chi connectivity index (χ1n) is 9.16. The molecule has 1 aliphatic rings. The van der Waals surface area contributed by atoms with E-state index in [-0.39, 0.29) is 18.2 Å². The fraction of sp³-hybridized carbons (Fsp3) is 0.190. The normalized spacial score (nSPS) is 14.9. The Morgan fingerprint density at radius 1 is 1.20 bits per heavy atom. The predicted molar refractivity (Wildman–Crippen MR) is 116 cm³/mol. The molecule has 1 aliphatic heterocycles. The lowest BCUT2D eigenvalue weighted by molar-refractivity contribution is -0.123. The van der Waals surface area contributed by atoms with Crippen LogP contribution in [0.25, 0.3) is 11.1 Å². The van der Waals surface area contributed by atoms with Crippen LogP contribution >= 0.6 is 23.2 Å². The van der Waals surface area contributed by atoms with Crippen molar-refractivity contribution in [3.8, 4) is 16.9 Å². The van der Waals surface area contributed by atoms with Crippen molar-refractivity contribution in [1.82, 2.24) is 9.78 Å². The van der Waals surface area contributed by atoms with Crippen molar-refractivity contribution in [2.45, 2.75) is 19.4 Å². The zero-order chi connectivity index (χ0) is 21.4. The quantitative estimate of drug-likeness (QED) is 0.597. The maximum absolute atomic E-state index is 12.7. The first-order chi connectivity index (χ1) is 14.4. The van der Waals surface area contributed by atoms with E-state index in [4.69, 9.17) is 27.9 Å². The topological polar surface area (TPSA) is 85.2 Å². The second kappa shape index (κ2) is 8.01. The van der Waals surface area contributed by atoms with Crippen LogP contribution in [-0.4, -0.2) is 28.7 Å². The molecule has 3 aromatic rings. The zero-order valence-corrected chi connectivity index (χ0v) is 17.7. The lowest BCUT2D eigenvalue weighted by Crippen LogP contribution is -2.24. The Balaban J connectivity index is 1.58. The minimum absolute atomic E-state index is 0.0876. The van der Waals surface area contributed by atoms with Crippen LogP contribution in [0, 0.1) is 6.92 Å². The van der Waals surface area contributed by atoms with E-state index in [2.05, 4.69) is 15.7 Å². The molecule has 2 amide bonds. The molecule has 2 aromatic carbocycles. The molecule has 1 atom stereocenters. The molecule has 30 heavy (non-hydrogen) atoms. The van der Waals surface area contributed by atoms with E-state index < -0.39 is 6.04 Å². The summed E-state index contributed by atoms with van der Waals surface area (Å²) < 4.78 is 6.81. The summed E-state index contributed by atoms with van der Waals surface area (Å²) in [7, 11) is 1.50. The number of fused-ring (bicyclic) bond motifs is 1. The van der Waals surface area contributed by atoms with E-state index in [0.717, 1.165) is 16.8 Å². The molecule has 1 unspecified atom stereocenters. The van der Waals surface area contributed by atoms with Gasteiger partial charge in [0.1, 0.15) is 17.6 Å². The maximum atomic E-state index is 12.7. The number of hydrogen-bond donors (Lipinski definition) is 2. The summed E-state index contributed by atoms with van der Waals surface area (Å²) >= 11 is 12.0. The lowest BCUT2D eigenvalue weighted by atomic mass is 10.1. The summed E-state index contributed by atoms with van der Waals surface area (Å²) in [5, 5.41) is 11.2. The van der Waals surface area contributed by atoms with Gasteiger partial charge in [-0.1, -0.05) is 35.3 Å². The summed E-state index contributed by atoms with van der Waals surface area (Å²) in [5.41, 5.74) is 2.87. The van der Waals surface area contributed by atoms with Crippen LogP contribution in [0.3, 0.4) is 0 Å². The molecule has 7 nitrogen and oxygen atoms in total. The standard InChI is InChI=1S/C21H18Cl2N4O3/c1-11-19(12-3-5-13(22)6-4-12)20-25-21(29)16(27(20)26-11)10-18(28)24-15-9-14(23)7-8-17(15)30-2/h3-9,16H,10H2,1-2H3,(H,24,28)(H,25,29). The summed E-state index contributed by atoms with van der Waals surface area (Å²) in [6.07, 6.45) is -0.0876. The molecule has 0 aliphatic carbocycles. The number of rotatable bonds is 5. The van der Waals surface area contributed by atoms with E-state index in [1.807, 2.05) is 19.1 Å². The number of ether oxygens (including phenoxy) is 1. The monoisotopic (exact) mass is 444 g/mol. The molecule has 1 aromatic heterocycles. The van der Waals surface area contributed by atoms with Gasteiger partial charge >= 0.3 is 0 Å². The van der Waals surface area contributed by atoms with Gasteiger partial charge in [-0.05, 0) is 42.8 Å². The first-order valence-corrected chi connectivity index (χ1v) is 9.92. The Hall–Kier alpha value is -3.03.